The zero-order valence-electron chi connectivity index (χ0n) is 44.5. The molecule has 1 fully saturated rings. The lowest BCUT2D eigenvalue weighted by atomic mass is 9.33. The Balaban J connectivity index is 1.16. The fourth-order valence-electron chi connectivity index (χ4n) is 16.3. The van der Waals surface area contributed by atoms with Gasteiger partial charge in [0.25, 0.3) is 6.71 Å². The lowest BCUT2D eigenvalue weighted by Gasteiger charge is -2.48. The quantitative estimate of drug-likeness (QED) is 0.161. The van der Waals surface area contributed by atoms with Gasteiger partial charge in [-0.2, -0.15) is 0 Å². The molecule has 14 rings (SSSR count). The summed E-state index contributed by atoms with van der Waals surface area (Å²) in [5, 5.41) is 2.53. The van der Waals surface area contributed by atoms with Crippen LogP contribution in [0.25, 0.3) is 21.9 Å². The summed E-state index contributed by atoms with van der Waals surface area (Å²) in [6.07, 6.45) is 12.2. The molecule has 70 heavy (non-hydrogen) atoms. The van der Waals surface area contributed by atoms with Gasteiger partial charge >= 0.3 is 0 Å². The third-order valence-electron chi connectivity index (χ3n) is 20.5. The maximum absolute atomic E-state index is 7.17. The van der Waals surface area contributed by atoms with Crippen LogP contribution in [-0.2, 0) is 32.5 Å². The summed E-state index contributed by atoms with van der Waals surface area (Å²) in [6, 6.07) is 33.5. The molecule has 4 heteroatoms. The zero-order chi connectivity index (χ0) is 48.6. The van der Waals surface area contributed by atoms with E-state index < -0.39 is 0 Å². The molecule has 0 saturated heterocycles. The molecule has 0 spiro atoms. The molecule has 3 nitrogen and oxygen atoms in total. The largest absolute Gasteiger partial charge is 0.456 e. The topological polar surface area (TPSA) is 19.6 Å². The van der Waals surface area contributed by atoms with Crippen molar-refractivity contribution in [2.45, 2.75) is 193 Å². The van der Waals surface area contributed by atoms with Gasteiger partial charge < -0.3 is 14.2 Å². The molecule has 1 saturated carbocycles. The molecule has 356 valence electrons. The van der Waals surface area contributed by atoms with E-state index in [0.717, 1.165) is 30.4 Å². The number of benzene rings is 6. The Bertz CT molecular complexity index is 3500. The molecule has 7 aliphatic rings. The molecule has 1 unspecified atom stereocenters. The minimum Gasteiger partial charge on any atom is -0.456 e. The second kappa shape index (κ2) is 13.6. The van der Waals surface area contributed by atoms with Gasteiger partial charge in [-0.25, -0.2) is 0 Å². The average Bonchev–Trinajstić information content (AvgIpc) is 3.77. The fraction of sp³-hybridized carbons (Fsp3) is 0.455. The van der Waals surface area contributed by atoms with Crippen molar-refractivity contribution >= 4 is 79.2 Å². The fourth-order valence-corrected chi connectivity index (χ4v) is 16.3. The highest BCUT2D eigenvalue weighted by Crippen LogP contribution is 2.58. The number of anilines is 6. The first-order valence-corrected chi connectivity index (χ1v) is 27.4. The molecule has 6 aromatic carbocycles. The number of furan rings is 1. The van der Waals surface area contributed by atoms with Gasteiger partial charge in [-0.15, -0.1) is 0 Å². The van der Waals surface area contributed by atoms with E-state index in [-0.39, 0.29) is 39.2 Å². The van der Waals surface area contributed by atoms with Crippen LogP contribution in [0.4, 0.5) is 34.1 Å². The van der Waals surface area contributed by atoms with Gasteiger partial charge in [0.1, 0.15) is 11.2 Å². The Kier molecular flexibility index (Phi) is 8.49. The van der Waals surface area contributed by atoms with Crippen molar-refractivity contribution in [2.24, 2.45) is 0 Å². The van der Waals surface area contributed by atoms with E-state index in [1.807, 2.05) is 0 Å². The summed E-state index contributed by atoms with van der Waals surface area (Å²) in [7, 11) is 0. The molecular formula is C66H73BN2O. The van der Waals surface area contributed by atoms with Crippen molar-refractivity contribution in [1.82, 2.24) is 0 Å². The standard InChI is InChI=1S/C66H73BN2O/c1-37-19-20-41-30-51(37)69-55-29-40(39-17-15-14-16-18-39)28-54-59(55)67(49-21-22-56-58(60(49)69)42-31-48-47(35-57(42)70-56)63(7,8)25-26-66(41,48)13)50-32-44-46(65(11,12)36-64(44,9)10)34-53(50)68(54)52-33-45-43(27-38(52)2)61(3,4)23-24-62(45,5)6/h19-22,27-35,39H,14-18,23-26,36H2,1-13H3. The number of nitrogens with zero attached hydrogens (tertiary/aromatic N) is 2. The molecule has 0 N–H and O–H groups in total. The van der Waals surface area contributed by atoms with Gasteiger partial charge in [-0.1, -0.05) is 126 Å². The van der Waals surface area contributed by atoms with Crippen molar-refractivity contribution < 1.29 is 4.42 Å². The lowest BCUT2D eigenvalue weighted by Crippen LogP contribution is -2.61. The predicted octanol–water partition coefficient (Wildman–Crippen LogP) is 16.3. The van der Waals surface area contributed by atoms with Crippen molar-refractivity contribution in [3.8, 4) is 0 Å². The Morgan fingerprint density at radius 3 is 1.80 bits per heavy atom. The van der Waals surface area contributed by atoms with Gasteiger partial charge in [0.15, 0.2) is 0 Å². The third-order valence-corrected chi connectivity index (χ3v) is 20.5. The summed E-state index contributed by atoms with van der Waals surface area (Å²) in [5.41, 5.74) is 29.2. The van der Waals surface area contributed by atoms with Crippen LogP contribution >= 0.6 is 0 Å². The molecule has 7 aromatic rings. The normalized spacial score (nSPS) is 23.4. The number of fused-ring (bicyclic) bond motifs is 10. The van der Waals surface area contributed by atoms with Crippen molar-refractivity contribution in [1.29, 1.82) is 0 Å². The summed E-state index contributed by atoms with van der Waals surface area (Å²) in [4.78, 5) is 5.59. The van der Waals surface area contributed by atoms with Gasteiger partial charge in [0.2, 0.25) is 0 Å². The highest BCUT2D eigenvalue weighted by Gasteiger charge is 2.51. The Hall–Kier alpha value is -5.22. The van der Waals surface area contributed by atoms with Crippen molar-refractivity contribution in [3.05, 3.63) is 134 Å². The Labute approximate surface area is 418 Å². The lowest BCUT2D eigenvalue weighted by molar-refractivity contribution is 0.332. The van der Waals surface area contributed by atoms with Crippen molar-refractivity contribution in [2.75, 3.05) is 9.80 Å². The van der Waals surface area contributed by atoms with Crippen LogP contribution in [0.3, 0.4) is 0 Å². The SMILES string of the molecule is Cc1cc2c(cc1N1c3cc4c(cc3B3c5ccc6oc7cc8c9cc7c6c5N(c5cc(ccc5C)C9(C)CCC8(C)C)c5cc(C6CCCCC6)cc1c53)C(C)(C)CC4(C)C)C(C)(C)CCC2(C)C. The van der Waals surface area contributed by atoms with Crippen LogP contribution < -0.4 is 26.2 Å². The predicted molar refractivity (Wildman–Crippen MR) is 298 cm³/mol. The Morgan fingerprint density at radius 1 is 0.486 bits per heavy atom. The second-order valence-corrected chi connectivity index (χ2v) is 27.4. The van der Waals surface area contributed by atoms with Crippen LogP contribution in [0.2, 0.25) is 0 Å². The van der Waals surface area contributed by atoms with Crippen LogP contribution in [-0.4, -0.2) is 6.71 Å². The summed E-state index contributed by atoms with van der Waals surface area (Å²) in [5.74, 6) is 0.520. The van der Waals surface area contributed by atoms with Gasteiger partial charge in [0, 0.05) is 39.2 Å². The van der Waals surface area contributed by atoms with E-state index in [4.69, 9.17) is 4.42 Å². The van der Waals surface area contributed by atoms with E-state index in [1.54, 1.807) is 0 Å². The third kappa shape index (κ3) is 5.61. The van der Waals surface area contributed by atoms with Crippen molar-refractivity contribution in [3.63, 3.8) is 0 Å². The minimum absolute atomic E-state index is 0.0311. The first-order valence-electron chi connectivity index (χ1n) is 27.4. The highest BCUT2D eigenvalue weighted by molar-refractivity contribution is 7.00. The summed E-state index contributed by atoms with van der Waals surface area (Å²) < 4.78 is 7.17. The molecule has 4 heterocycles. The number of aryl methyl sites for hydroxylation is 2. The summed E-state index contributed by atoms with van der Waals surface area (Å²) >= 11 is 0. The number of rotatable bonds is 2. The van der Waals surface area contributed by atoms with Crippen LogP contribution in [0.5, 0.6) is 0 Å². The molecule has 0 amide bonds. The molecule has 4 bridgehead atoms. The highest BCUT2D eigenvalue weighted by atomic mass is 16.3. The second-order valence-electron chi connectivity index (χ2n) is 27.4. The van der Waals surface area contributed by atoms with Crippen LogP contribution in [0.15, 0.2) is 83.3 Å². The van der Waals surface area contributed by atoms with Crippen LogP contribution in [0, 0.1) is 13.8 Å². The summed E-state index contributed by atoms with van der Waals surface area (Å²) in [6.45, 7) is 32.2. The number of hydrogen-bond acceptors (Lipinski definition) is 3. The van der Waals surface area contributed by atoms with E-state index in [1.165, 1.54) is 162 Å². The molecule has 3 aliphatic heterocycles. The zero-order valence-corrected chi connectivity index (χ0v) is 44.5. The molecule has 4 aliphatic carbocycles. The molecular weight excluding hydrogens is 848 g/mol. The molecule has 1 atom stereocenters. The Morgan fingerprint density at radius 2 is 1.09 bits per heavy atom. The molecule has 1 aromatic heterocycles. The van der Waals surface area contributed by atoms with Gasteiger partial charge in [-0.3, -0.25) is 0 Å². The molecule has 0 radical (unpaired) electrons. The first kappa shape index (κ1) is 43.6. The van der Waals surface area contributed by atoms with Crippen LogP contribution in [0.1, 0.15) is 202 Å². The van der Waals surface area contributed by atoms with Gasteiger partial charge in [0.05, 0.1) is 11.1 Å². The van der Waals surface area contributed by atoms with E-state index >= 15 is 0 Å². The van der Waals surface area contributed by atoms with E-state index in [9.17, 15) is 0 Å². The average molecular weight is 921 g/mol. The first-order chi connectivity index (χ1) is 33.1. The minimum atomic E-state index is -0.134. The number of hydrogen-bond donors (Lipinski definition) is 0. The van der Waals surface area contributed by atoms with E-state index in [0.29, 0.717) is 5.92 Å². The smallest absolute Gasteiger partial charge is 0.252 e. The van der Waals surface area contributed by atoms with E-state index in [2.05, 4.69) is 179 Å². The maximum Gasteiger partial charge on any atom is 0.252 e. The van der Waals surface area contributed by atoms with Gasteiger partial charge in [-0.05, 0) is 212 Å². The maximum atomic E-state index is 7.17. The monoisotopic (exact) mass is 921 g/mol.